The topological polar surface area (TPSA) is 16.1 Å². The molecule has 14 heavy (non-hydrogen) atoms. The summed E-state index contributed by atoms with van der Waals surface area (Å²) in [6.07, 6.45) is 1.18. The fraction of sp³-hybridized carbons (Fsp3) is 0.700. The highest BCUT2D eigenvalue weighted by Gasteiger charge is 2.04. The maximum Gasteiger partial charge on any atom is 0.0897 e. The van der Waals surface area contributed by atoms with Gasteiger partial charge in [-0.1, -0.05) is 22.9 Å². The molecule has 0 fully saturated rings. The van der Waals surface area contributed by atoms with Gasteiger partial charge in [0.05, 0.1) is 10.7 Å². The smallest absolute Gasteiger partial charge is 0.0897 e. The molecule has 1 atom stereocenters. The van der Waals surface area contributed by atoms with Gasteiger partial charge in [-0.25, -0.2) is 4.98 Å². The monoisotopic (exact) mass is 276 g/mol. The molecule has 1 aromatic rings. The summed E-state index contributed by atoms with van der Waals surface area (Å²) in [4.78, 5) is 7.35. The molecule has 0 spiro atoms. The SMILES string of the molecule is Cc1nc(CN(C)CCC(C)Br)cs1. The maximum absolute atomic E-state index is 4.44. The first kappa shape index (κ1) is 12.1. The van der Waals surface area contributed by atoms with Crippen molar-refractivity contribution in [1.82, 2.24) is 9.88 Å². The number of hydrogen-bond acceptors (Lipinski definition) is 3. The highest BCUT2D eigenvalue weighted by atomic mass is 79.9. The highest BCUT2D eigenvalue weighted by molar-refractivity contribution is 9.09. The van der Waals surface area contributed by atoms with Gasteiger partial charge in [0.2, 0.25) is 0 Å². The zero-order valence-electron chi connectivity index (χ0n) is 8.96. The second-order valence-corrected chi connectivity index (χ2v) is 6.29. The molecule has 0 saturated carbocycles. The molecule has 0 aliphatic heterocycles. The van der Waals surface area contributed by atoms with E-state index in [0.29, 0.717) is 4.83 Å². The zero-order valence-corrected chi connectivity index (χ0v) is 11.4. The van der Waals surface area contributed by atoms with Crippen LogP contribution >= 0.6 is 27.3 Å². The molecule has 0 aromatic carbocycles. The van der Waals surface area contributed by atoms with Gasteiger partial charge >= 0.3 is 0 Å². The van der Waals surface area contributed by atoms with Crippen molar-refractivity contribution in [3.63, 3.8) is 0 Å². The Balaban J connectivity index is 2.30. The summed E-state index contributed by atoms with van der Waals surface area (Å²) >= 11 is 5.28. The van der Waals surface area contributed by atoms with Gasteiger partial charge in [0.25, 0.3) is 0 Å². The van der Waals surface area contributed by atoms with Gasteiger partial charge < -0.3 is 4.90 Å². The van der Waals surface area contributed by atoms with E-state index in [2.05, 4.69) is 52.1 Å². The van der Waals surface area contributed by atoms with Crippen molar-refractivity contribution in [2.75, 3.05) is 13.6 Å². The maximum atomic E-state index is 4.44. The van der Waals surface area contributed by atoms with Crippen LogP contribution in [0.5, 0.6) is 0 Å². The first-order valence-electron chi connectivity index (χ1n) is 4.81. The van der Waals surface area contributed by atoms with E-state index < -0.39 is 0 Å². The number of alkyl halides is 1. The number of aryl methyl sites for hydroxylation is 1. The van der Waals surface area contributed by atoms with Gasteiger partial charge in [-0.05, 0) is 26.9 Å². The van der Waals surface area contributed by atoms with E-state index >= 15 is 0 Å². The first-order chi connectivity index (χ1) is 6.58. The van der Waals surface area contributed by atoms with Crippen LogP contribution in [0.4, 0.5) is 0 Å². The minimum absolute atomic E-state index is 0.599. The van der Waals surface area contributed by atoms with Gasteiger partial charge in [-0.2, -0.15) is 0 Å². The Bertz CT molecular complexity index is 273. The molecule has 2 nitrogen and oxygen atoms in total. The van der Waals surface area contributed by atoms with Gasteiger partial charge in [0.1, 0.15) is 0 Å². The number of rotatable bonds is 5. The lowest BCUT2D eigenvalue weighted by Gasteiger charge is -2.15. The molecular weight excluding hydrogens is 260 g/mol. The van der Waals surface area contributed by atoms with Gasteiger partial charge in [-0.15, -0.1) is 11.3 Å². The molecule has 0 amide bonds. The van der Waals surface area contributed by atoms with E-state index in [-0.39, 0.29) is 0 Å². The quantitative estimate of drug-likeness (QED) is 0.769. The molecule has 0 radical (unpaired) electrons. The minimum atomic E-state index is 0.599. The Morgan fingerprint density at radius 3 is 2.86 bits per heavy atom. The van der Waals surface area contributed by atoms with Crippen LogP contribution in [0.2, 0.25) is 0 Å². The number of nitrogens with zero attached hydrogens (tertiary/aromatic N) is 2. The molecule has 0 aliphatic carbocycles. The van der Waals surface area contributed by atoms with Crippen LogP contribution in [0.15, 0.2) is 5.38 Å². The van der Waals surface area contributed by atoms with E-state index in [4.69, 9.17) is 0 Å². The van der Waals surface area contributed by atoms with Gasteiger partial charge in [0.15, 0.2) is 0 Å². The van der Waals surface area contributed by atoms with Crippen molar-refractivity contribution in [3.05, 3.63) is 16.1 Å². The molecule has 0 saturated heterocycles. The van der Waals surface area contributed by atoms with Crippen LogP contribution in [0.3, 0.4) is 0 Å². The van der Waals surface area contributed by atoms with E-state index in [9.17, 15) is 0 Å². The van der Waals surface area contributed by atoms with Crippen LogP contribution in [-0.4, -0.2) is 28.3 Å². The number of thiazole rings is 1. The summed E-state index contributed by atoms with van der Waals surface area (Å²) < 4.78 is 0. The third kappa shape index (κ3) is 4.53. The third-order valence-electron chi connectivity index (χ3n) is 2.01. The molecule has 1 heterocycles. The standard InChI is InChI=1S/C10H17BrN2S/c1-8(11)4-5-13(3)6-10-7-14-9(2)12-10/h7-8H,4-6H2,1-3H3. The average molecular weight is 277 g/mol. The van der Waals surface area contributed by atoms with Gasteiger partial charge in [0, 0.05) is 16.8 Å². The second-order valence-electron chi connectivity index (χ2n) is 3.67. The molecule has 1 aromatic heterocycles. The summed E-state index contributed by atoms with van der Waals surface area (Å²) in [6, 6.07) is 0. The van der Waals surface area contributed by atoms with Crippen molar-refractivity contribution >= 4 is 27.3 Å². The van der Waals surface area contributed by atoms with Gasteiger partial charge in [-0.3, -0.25) is 0 Å². The highest BCUT2D eigenvalue weighted by Crippen LogP contribution is 2.11. The van der Waals surface area contributed by atoms with Crippen molar-refractivity contribution in [2.24, 2.45) is 0 Å². The molecule has 1 rings (SSSR count). The van der Waals surface area contributed by atoms with Crippen molar-refractivity contribution in [1.29, 1.82) is 0 Å². The first-order valence-corrected chi connectivity index (χ1v) is 6.61. The molecule has 4 heteroatoms. The Kier molecular flexibility index (Phi) is 5.06. The molecule has 0 aliphatic rings. The molecule has 0 N–H and O–H groups in total. The molecular formula is C10H17BrN2S. The average Bonchev–Trinajstić information content (AvgIpc) is 2.48. The lowest BCUT2D eigenvalue weighted by molar-refractivity contribution is 0.319. The predicted octanol–water partition coefficient (Wildman–Crippen LogP) is 3.06. The fourth-order valence-electron chi connectivity index (χ4n) is 1.23. The summed E-state index contributed by atoms with van der Waals surface area (Å²) in [5.41, 5.74) is 1.19. The normalized spacial score (nSPS) is 13.5. The fourth-order valence-corrected chi connectivity index (χ4v) is 2.04. The van der Waals surface area contributed by atoms with Crippen LogP contribution in [0.1, 0.15) is 24.0 Å². The van der Waals surface area contributed by atoms with Crippen LogP contribution in [-0.2, 0) is 6.54 Å². The second kappa shape index (κ2) is 5.83. The van der Waals surface area contributed by atoms with Crippen molar-refractivity contribution in [2.45, 2.75) is 31.6 Å². The lowest BCUT2D eigenvalue weighted by atomic mass is 10.3. The Morgan fingerprint density at radius 2 is 2.36 bits per heavy atom. The summed E-state index contributed by atoms with van der Waals surface area (Å²) in [7, 11) is 2.14. The zero-order chi connectivity index (χ0) is 10.6. The lowest BCUT2D eigenvalue weighted by Crippen LogP contribution is -2.20. The van der Waals surface area contributed by atoms with E-state index in [1.165, 1.54) is 12.1 Å². The third-order valence-corrected chi connectivity index (χ3v) is 3.29. The van der Waals surface area contributed by atoms with E-state index in [0.717, 1.165) is 18.1 Å². The minimum Gasteiger partial charge on any atom is -0.300 e. The molecule has 0 bridgehead atoms. The molecule has 80 valence electrons. The van der Waals surface area contributed by atoms with Crippen molar-refractivity contribution < 1.29 is 0 Å². The van der Waals surface area contributed by atoms with Crippen LogP contribution < -0.4 is 0 Å². The summed E-state index contributed by atoms with van der Waals surface area (Å²) in [5, 5.41) is 3.30. The number of hydrogen-bond donors (Lipinski definition) is 0. The van der Waals surface area contributed by atoms with Crippen LogP contribution in [0, 0.1) is 6.92 Å². The summed E-state index contributed by atoms with van der Waals surface area (Å²) in [5.74, 6) is 0. The van der Waals surface area contributed by atoms with Crippen LogP contribution in [0.25, 0.3) is 0 Å². The Labute approximate surface area is 98.5 Å². The predicted molar refractivity (Wildman–Crippen MR) is 66.2 cm³/mol. The Morgan fingerprint density at radius 1 is 1.64 bits per heavy atom. The number of halogens is 1. The number of aromatic nitrogens is 1. The molecule has 1 unspecified atom stereocenters. The largest absolute Gasteiger partial charge is 0.300 e. The Hall–Kier alpha value is 0.0700. The van der Waals surface area contributed by atoms with Crippen molar-refractivity contribution in [3.8, 4) is 0 Å². The summed E-state index contributed by atoms with van der Waals surface area (Å²) in [6.45, 7) is 6.31. The van der Waals surface area contributed by atoms with E-state index in [1.807, 2.05) is 0 Å². The van der Waals surface area contributed by atoms with E-state index in [1.54, 1.807) is 11.3 Å².